The van der Waals surface area contributed by atoms with E-state index in [0.717, 1.165) is 53.7 Å². The number of nitrogens with zero attached hydrogens (tertiary/aromatic N) is 4. The van der Waals surface area contributed by atoms with E-state index < -0.39 is 16.9 Å². The molecular formula is C39H36ClFN4O4. The topological polar surface area (TPSA) is 80.4 Å². The second-order valence-corrected chi connectivity index (χ2v) is 12.3. The van der Waals surface area contributed by atoms with Gasteiger partial charge in [-0.1, -0.05) is 109 Å². The van der Waals surface area contributed by atoms with Gasteiger partial charge in [0.2, 0.25) is 0 Å². The number of aromatic nitrogens is 4. The number of rotatable bonds is 12. The van der Waals surface area contributed by atoms with Crippen LogP contribution in [0.5, 0.6) is 5.75 Å². The number of hydrogen-bond acceptors (Lipinski definition) is 6. The van der Waals surface area contributed by atoms with Crippen molar-refractivity contribution in [2.24, 2.45) is 0 Å². The Kier molecular flexibility index (Phi) is 9.84. The molecule has 0 bridgehead atoms. The molecule has 10 heteroatoms. The zero-order chi connectivity index (χ0) is 33.6. The first-order valence-corrected chi connectivity index (χ1v) is 17.0. The van der Waals surface area contributed by atoms with E-state index in [9.17, 15) is 4.79 Å². The molecular weight excluding hydrogens is 643 g/mol. The minimum Gasteiger partial charge on any atom is -0.491 e. The van der Waals surface area contributed by atoms with E-state index >= 15 is 4.39 Å². The van der Waals surface area contributed by atoms with Crippen LogP contribution < -0.4 is 10.3 Å². The maximum atomic E-state index is 15.5. The summed E-state index contributed by atoms with van der Waals surface area (Å²) in [6, 6.07) is 35.6. The van der Waals surface area contributed by atoms with Crippen LogP contribution in [0.3, 0.4) is 0 Å². The van der Waals surface area contributed by atoms with E-state index in [1.165, 1.54) is 12.1 Å². The van der Waals surface area contributed by atoms with E-state index in [2.05, 4.69) is 5.10 Å². The Morgan fingerprint density at radius 3 is 2.06 bits per heavy atom. The molecule has 1 aliphatic heterocycles. The molecule has 1 saturated heterocycles. The fourth-order valence-corrected chi connectivity index (χ4v) is 6.74. The van der Waals surface area contributed by atoms with Gasteiger partial charge in [-0.3, -0.25) is 4.79 Å². The molecule has 7 rings (SSSR count). The maximum absolute atomic E-state index is 15.5. The predicted octanol–water partition coefficient (Wildman–Crippen LogP) is 7.92. The molecule has 1 unspecified atom stereocenters. The molecule has 8 nitrogen and oxygen atoms in total. The van der Waals surface area contributed by atoms with E-state index in [4.69, 9.17) is 30.9 Å². The number of unbranched alkanes of at least 4 members (excludes halogenated alkanes) is 1. The first-order chi connectivity index (χ1) is 24.1. The van der Waals surface area contributed by atoms with Crippen LogP contribution >= 0.6 is 11.6 Å². The van der Waals surface area contributed by atoms with Crippen molar-refractivity contribution in [3.63, 3.8) is 0 Å². The Morgan fingerprint density at radius 1 is 0.816 bits per heavy atom. The van der Waals surface area contributed by atoms with Gasteiger partial charge in [-0.05, 0) is 60.9 Å². The van der Waals surface area contributed by atoms with Crippen LogP contribution in [0.15, 0.2) is 120 Å². The SMILES string of the molecule is O=c1cc2c(nn1-c1c(F)cccc1OCCCCOC1CCCCO1)c(Cl)nn2C(c1ccccc1)(c1ccccc1)c1ccccc1. The van der Waals surface area contributed by atoms with Crippen molar-refractivity contribution < 1.29 is 18.6 Å². The first-order valence-electron chi connectivity index (χ1n) is 16.6. The number of hydrogen-bond donors (Lipinski definition) is 0. The van der Waals surface area contributed by atoms with Gasteiger partial charge >= 0.3 is 0 Å². The smallest absolute Gasteiger partial charge is 0.273 e. The lowest BCUT2D eigenvalue weighted by molar-refractivity contribution is -0.162. The maximum Gasteiger partial charge on any atom is 0.273 e. The van der Waals surface area contributed by atoms with Crippen LogP contribution in [-0.4, -0.2) is 45.7 Å². The lowest BCUT2D eigenvalue weighted by atomic mass is 9.77. The van der Waals surface area contributed by atoms with Gasteiger partial charge in [-0.2, -0.15) is 14.9 Å². The van der Waals surface area contributed by atoms with Gasteiger partial charge in [0.1, 0.15) is 22.5 Å². The quantitative estimate of drug-likeness (QED) is 0.0967. The Balaban J connectivity index is 1.27. The molecule has 6 aromatic rings. The summed E-state index contributed by atoms with van der Waals surface area (Å²) >= 11 is 6.87. The van der Waals surface area contributed by atoms with Gasteiger partial charge in [0.25, 0.3) is 5.56 Å². The molecule has 0 amide bonds. The van der Waals surface area contributed by atoms with Gasteiger partial charge in [-0.15, -0.1) is 0 Å². The number of ether oxygens (including phenoxy) is 3. The summed E-state index contributed by atoms with van der Waals surface area (Å²) in [6.07, 6.45) is 4.35. The third-order valence-corrected chi connectivity index (χ3v) is 9.07. The zero-order valence-corrected chi connectivity index (χ0v) is 27.6. The fourth-order valence-electron chi connectivity index (χ4n) is 6.53. The molecule has 1 fully saturated rings. The van der Waals surface area contributed by atoms with Crippen LogP contribution in [0.2, 0.25) is 5.15 Å². The molecule has 4 aromatic carbocycles. The molecule has 49 heavy (non-hydrogen) atoms. The van der Waals surface area contributed by atoms with Crippen molar-refractivity contribution in [1.29, 1.82) is 0 Å². The molecule has 0 N–H and O–H groups in total. The van der Waals surface area contributed by atoms with Crippen molar-refractivity contribution in [1.82, 2.24) is 19.6 Å². The lowest BCUT2D eigenvalue weighted by Gasteiger charge is -2.36. The first kappa shape index (κ1) is 32.7. The highest BCUT2D eigenvalue weighted by molar-refractivity contribution is 6.33. The standard InChI is InChI=1S/C39H36ClFN4O4/c40-38-36-32(45(43-38)39(28-15-4-1-5-16-28,29-17-6-2-7-18-29)30-19-8-3-9-20-30)27-34(46)44(42-36)37-31(41)21-14-22-33(37)47-24-12-13-26-49-35-23-10-11-25-48-35/h1-9,14-22,27,35H,10-13,23-26H2. The minimum absolute atomic E-state index is 0.0664. The van der Waals surface area contributed by atoms with Crippen molar-refractivity contribution in [2.45, 2.75) is 43.9 Å². The molecule has 0 spiro atoms. The van der Waals surface area contributed by atoms with Crippen LogP contribution in [0, 0.1) is 5.82 Å². The molecule has 0 saturated carbocycles. The van der Waals surface area contributed by atoms with E-state index in [-0.39, 0.29) is 28.4 Å². The fraction of sp³-hybridized carbons (Fsp3) is 0.256. The lowest BCUT2D eigenvalue weighted by Crippen LogP contribution is -2.39. The van der Waals surface area contributed by atoms with E-state index in [1.807, 2.05) is 91.0 Å². The summed E-state index contributed by atoms with van der Waals surface area (Å²) in [7, 11) is 0. The third kappa shape index (κ3) is 6.49. The predicted molar refractivity (Wildman–Crippen MR) is 187 cm³/mol. The molecule has 1 aliphatic rings. The molecule has 0 aliphatic carbocycles. The summed E-state index contributed by atoms with van der Waals surface area (Å²) in [5.41, 5.74) is 1.65. The Labute approximate surface area is 288 Å². The Bertz CT molecular complexity index is 1970. The van der Waals surface area contributed by atoms with Crippen LogP contribution in [0.4, 0.5) is 4.39 Å². The van der Waals surface area contributed by atoms with Crippen LogP contribution in [0.1, 0.15) is 48.8 Å². The van der Waals surface area contributed by atoms with Gasteiger partial charge < -0.3 is 14.2 Å². The summed E-state index contributed by atoms with van der Waals surface area (Å²) in [4.78, 5) is 14.0. The van der Waals surface area contributed by atoms with Gasteiger partial charge in [0.05, 0.1) is 12.1 Å². The average molecular weight is 679 g/mol. The van der Waals surface area contributed by atoms with E-state index in [1.54, 1.807) is 16.8 Å². The van der Waals surface area contributed by atoms with Gasteiger partial charge in [-0.25, -0.2) is 9.07 Å². The summed E-state index contributed by atoms with van der Waals surface area (Å²) in [6.45, 7) is 1.57. The molecule has 0 radical (unpaired) electrons. The summed E-state index contributed by atoms with van der Waals surface area (Å²) in [5, 5.41) is 9.54. The van der Waals surface area contributed by atoms with Gasteiger partial charge in [0.15, 0.2) is 17.3 Å². The second kappa shape index (κ2) is 14.7. The minimum atomic E-state index is -1.03. The highest BCUT2D eigenvalue weighted by Crippen LogP contribution is 2.43. The van der Waals surface area contributed by atoms with E-state index in [0.29, 0.717) is 25.2 Å². The second-order valence-electron chi connectivity index (χ2n) is 11.9. The zero-order valence-electron chi connectivity index (χ0n) is 26.9. The van der Waals surface area contributed by atoms with Gasteiger partial charge in [0, 0.05) is 19.3 Å². The molecule has 1 atom stereocenters. The number of benzene rings is 4. The Morgan fingerprint density at radius 2 is 1.45 bits per heavy atom. The largest absolute Gasteiger partial charge is 0.491 e. The average Bonchev–Trinajstić information content (AvgIpc) is 3.46. The van der Waals surface area contributed by atoms with Crippen LogP contribution in [0.25, 0.3) is 16.7 Å². The van der Waals surface area contributed by atoms with Crippen molar-refractivity contribution in [3.8, 4) is 11.4 Å². The molecule has 250 valence electrons. The van der Waals surface area contributed by atoms with Crippen molar-refractivity contribution in [2.75, 3.05) is 19.8 Å². The van der Waals surface area contributed by atoms with Crippen LogP contribution in [-0.2, 0) is 15.0 Å². The number of fused-ring (bicyclic) bond motifs is 1. The summed E-state index contributed by atoms with van der Waals surface area (Å²) in [5.74, 6) is -0.457. The highest BCUT2D eigenvalue weighted by atomic mass is 35.5. The Hall–Kier alpha value is -4.83. The third-order valence-electron chi connectivity index (χ3n) is 8.81. The monoisotopic (exact) mass is 678 g/mol. The van der Waals surface area contributed by atoms with Crippen molar-refractivity contribution >= 4 is 22.6 Å². The normalized spacial score (nSPS) is 15.0. The molecule has 3 heterocycles. The van der Waals surface area contributed by atoms with Crippen molar-refractivity contribution in [3.05, 3.63) is 153 Å². The summed E-state index contributed by atoms with van der Waals surface area (Å²) < 4.78 is 35.7. The number of halogens is 2. The number of para-hydroxylation sites is 1. The highest BCUT2D eigenvalue weighted by Gasteiger charge is 2.41. The molecule has 2 aromatic heterocycles.